The Labute approximate surface area is 55.3 Å². The molecule has 0 rings (SSSR count). The van der Waals surface area contributed by atoms with Crippen molar-refractivity contribution in [3.8, 4) is 0 Å². The number of alkyl halides is 1. The van der Waals surface area contributed by atoms with Crippen LogP contribution < -0.4 is 0 Å². The molecule has 1 nitrogen and oxygen atoms in total. The van der Waals surface area contributed by atoms with E-state index in [2.05, 4.69) is 0 Å². The van der Waals surface area contributed by atoms with Gasteiger partial charge >= 0.3 is 0 Å². The molecule has 8 heavy (non-hydrogen) atoms. The second kappa shape index (κ2) is 5.13. The zero-order valence-corrected chi connectivity index (χ0v) is 5.98. The first-order valence-corrected chi connectivity index (χ1v) is 3.13. The molecule has 0 amide bonds. The lowest BCUT2D eigenvalue weighted by atomic mass is 10.5. The molecule has 0 aromatic rings. The third-order valence-electron chi connectivity index (χ3n) is 0.670. The molecule has 0 bridgehead atoms. The normalized spacial score (nSPS) is 14.9. The highest BCUT2D eigenvalue weighted by Gasteiger charge is 1.92. The van der Waals surface area contributed by atoms with Gasteiger partial charge in [-0.15, -0.1) is 0 Å². The van der Waals surface area contributed by atoms with Gasteiger partial charge in [-0.3, -0.25) is 0 Å². The van der Waals surface area contributed by atoms with E-state index in [0.29, 0.717) is 6.61 Å². The molecule has 0 aliphatic heterocycles. The Morgan fingerprint density at radius 3 is 2.75 bits per heavy atom. The molecule has 0 fully saturated rings. The monoisotopic (exact) mass is 134 g/mol. The predicted octanol–water partition coefficient (Wildman–Crippen LogP) is 2.16. The van der Waals surface area contributed by atoms with Crippen molar-refractivity contribution in [3.63, 3.8) is 0 Å². The van der Waals surface area contributed by atoms with Crippen molar-refractivity contribution in [1.82, 2.24) is 0 Å². The molecule has 0 aliphatic rings. The number of ether oxygens (including phenoxy) is 1. The van der Waals surface area contributed by atoms with E-state index in [1.54, 1.807) is 6.08 Å². The molecule has 0 N–H and O–H groups in total. The van der Waals surface area contributed by atoms with Crippen molar-refractivity contribution in [1.29, 1.82) is 0 Å². The second-order valence-electron chi connectivity index (χ2n) is 1.33. The van der Waals surface area contributed by atoms with Gasteiger partial charge in [-0.2, -0.15) is 0 Å². The van der Waals surface area contributed by atoms with Crippen LogP contribution in [0.3, 0.4) is 0 Å². The van der Waals surface area contributed by atoms with Crippen LogP contribution in [0.15, 0.2) is 12.2 Å². The van der Waals surface area contributed by atoms with E-state index >= 15 is 0 Å². The van der Waals surface area contributed by atoms with Crippen molar-refractivity contribution in [2.45, 2.75) is 19.4 Å². The predicted molar refractivity (Wildman–Crippen MR) is 36.1 cm³/mol. The fourth-order valence-electron chi connectivity index (χ4n) is 0.366. The molecular weight excluding hydrogens is 124 g/mol. The summed E-state index contributed by atoms with van der Waals surface area (Å²) in [6.07, 6.45) is 3.67. The smallest absolute Gasteiger partial charge is 0.149 e. The van der Waals surface area contributed by atoms with Crippen molar-refractivity contribution >= 4 is 11.6 Å². The minimum absolute atomic E-state index is 0.245. The largest absolute Gasteiger partial charge is 0.359 e. The second-order valence-corrected chi connectivity index (χ2v) is 1.76. The summed E-state index contributed by atoms with van der Waals surface area (Å²) in [6.45, 7) is 4.49. The maximum absolute atomic E-state index is 5.57. The molecule has 0 aromatic heterocycles. The Hall–Kier alpha value is -0.0100. The van der Waals surface area contributed by atoms with Crippen LogP contribution in [0.25, 0.3) is 0 Å². The van der Waals surface area contributed by atoms with Crippen LogP contribution in [0, 0.1) is 0 Å². The number of hydrogen-bond donors (Lipinski definition) is 0. The molecule has 0 aromatic carbocycles. The number of rotatable bonds is 3. The molecule has 1 atom stereocenters. The van der Waals surface area contributed by atoms with Gasteiger partial charge in [0, 0.05) is 6.61 Å². The topological polar surface area (TPSA) is 9.23 Å². The van der Waals surface area contributed by atoms with E-state index in [1.807, 2.05) is 19.9 Å². The van der Waals surface area contributed by atoms with Gasteiger partial charge < -0.3 is 4.74 Å². The Kier molecular flexibility index (Phi) is 5.13. The third-order valence-corrected chi connectivity index (χ3v) is 0.941. The molecule has 0 heterocycles. The summed E-state index contributed by atoms with van der Waals surface area (Å²) in [4.78, 5) is 0. The van der Waals surface area contributed by atoms with Gasteiger partial charge in [-0.1, -0.05) is 17.7 Å². The van der Waals surface area contributed by atoms with Gasteiger partial charge in [0.15, 0.2) is 0 Å². The van der Waals surface area contributed by atoms with E-state index in [9.17, 15) is 0 Å². The summed E-state index contributed by atoms with van der Waals surface area (Å²) in [6, 6.07) is 0. The van der Waals surface area contributed by atoms with Crippen LogP contribution in [-0.4, -0.2) is 12.2 Å². The number of halogens is 1. The Balaban J connectivity index is 3.17. The number of hydrogen-bond acceptors (Lipinski definition) is 1. The lowest BCUT2D eigenvalue weighted by Gasteiger charge is -2.00. The highest BCUT2D eigenvalue weighted by Crippen LogP contribution is 1.98. The lowest BCUT2D eigenvalue weighted by molar-refractivity contribution is 0.149. The minimum Gasteiger partial charge on any atom is -0.359 e. The molecule has 0 spiro atoms. The standard InChI is InChI=1S/C6H11ClO/c1-3-5-6(7)8-4-2/h3,5-6H,4H2,1-2H3/b5-3+. The first-order valence-electron chi connectivity index (χ1n) is 2.69. The molecular formula is C6H11ClO. The molecule has 0 saturated carbocycles. The van der Waals surface area contributed by atoms with Crippen LogP contribution in [0.2, 0.25) is 0 Å². The van der Waals surface area contributed by atoms with Crippen LogP contribution in [-0.2, 0) is 4.74 Å². The molecule has 1 unspecified atom stereocenters. The van der Waals surface area contributed by atoms with Gasteiger partial charge in [0.05, 0.1) is 0 Å². The third kappa shape index (κ3) is 4.16. The average Bonchev–Trinajstić information content (AvgIpc) is 1.68. The van der Waals surface area contributed by atoms with E-state index in [0.717, 1.165) is 0 Å². The van der Waals surface area contributed by atoms with Crippen LogP contribution >= 0.6 is 11.6 Å². The molecule has 0 saturated heterocycles. The van der Waals surface area contributed by atoms with E-state index in [-0.39, 0.29) is 5.56 Å². The zero-order chi connectivity index (χ0) is 6.41. The molecule has 2 heteroatoms. The van der Waals surface area contributed by atoms with Crippen molar-refractivity contribution in [2.75, 3.05) is 6.61 Å². The van der Waals surface area contributed by atoms with E-state index in [1.165, 1.54) is 0 Å². The van der Waals surface area contributed by atoms with Crippen molar-refractivity contribution in [2.24, 2.45) is 0 Å². The van der Waals surface area contributed by atoms with Gasteiger partial charge in [-0.25, -0.2) is 0 Å². The lowest BCUT2D eigenvalue weighted by Crippen LogP contribution is -1.99. The summed E-state index contributed by atoms with van der Waals surface area (Å²) < 4.78 is 4.96. The van der Waals surface area contributed by atoms with E-state index < -0.39 is 0 Å². The fourth-order valence-corrected chi connectivity index (χ4v) is 0.638. The molecule has 0 aliphatic carbocycles. The van der Waals surface area contributed by atoms with Crippen molar-refractivity contribution in [3.05, 3.63) is 12.2 Å². The molecule has 48 valence electrons. The first-order chi connectivity index (χ1) is 3.81. The maximum Gasteiger partial charge on any atom is 0.149 e. The number of allylic oxidation sites excluding steroid dienone is 1. The highest BCUT2D eigenvalue weighted by atomic mass is 35.5. The highest BCUT2D eigenvalue weighted by molar-refractivity contribution is 6.20. The van der Waals surface area contributed by atoms with Gasteiger partial charge in [0.25, 0.3) is 0 Å². The van der Waals surface area contributed by atoms with Crippen LogP contribution in [0.4, 0.5) is 0 Å². The Bertz CT molecular complexity index is 70.9. The van der Waals surface area contributed by atoms with Crippen molar-refractivity contribution < 1.29 is 4.74 Å². The minimum atomic E-state index is -0.245. The summed E-state index contributed by atoms with van der Waals surface area (Å²) >= 11 is 5.57. The van der Waals surface area contributed by atoms with Crippen LogP contribution in [0.1, 0.15) is 13.8 Å². The average molecular weight is 135 g/mol. The summed E-state index contributed by atoms with van der Waals surface area (Å²) in [5.41, 5.74) is -0.245. The van der Waals surface area contributed by atoms with Crippen LogP contribution in [0.5, 0.6) is 0 Å². The van der Waals surface area contributed by atoms with Gasteiger partial charge in [-0.05, 0) is 19.9 Å². The summed E-state index contributed by atoms with van der Waals surface area (Å²) in [5, 5.41) is 0. The maximum atomic E-state index is 5.57. The quantitative estimate of drug-likeness (QED) is 0.425. The Morgan fingerprint density at radius 2 is 2.38 bits per heavy atom. The fraction of sp³-hybridized carbons (Fsp3) is 0.667. The zero-order valence-electron chi connectivity index (χ0n) is 5.23. The van der Waals surface area contributed by atoms with Gasteiger partial charge in [0.1, 0.15) is 5.56 Å². The van der Waals surface area contributed by atoms with Gasteiger partial charge in [0.2, 0.25) is 0 Å². The summed E-state index contributed by atoms with van der Waals surface area (Å²) in [7, 11) is 0. The summed E-state index contributed by atoms with van der Waals surface area (Å²) in [5.74, 6) is 0. The SMILES string of the molecule is C/C=C/C(Cl)OCC. The first kappa shape index (κ1) is 7.99. The Morgan fingerprint density at radius 1 is 1.75 bits per heavy atom. The molecule has 0 radical (unpaired) electrons. The van der Waals surface area contributed by atoms with E-state index in [4.69, 9.17) is 16.3 Å².